The van der Waals surface area contributed by atoms with Crippen LogP contribution in [0.2, 0.25) is 5.02 Å². The fraction of sp³-hybridized carbons (Fsp3) is 0.444. The molecule has 6 heteroatoms. The maximum atomic E-state index is 12.6. The molecule has 1 amide bonds. The molecule has 1 heterocycles. The van der Waals surface area contributed by atoms with E-state index in [1.807, 2.05) is 39.0 Å². The van der Waals surface area contributed by atoms with Gasteiger partial charge in [-0.25, -0.2) is 0 Å². The van der Waals surface area contributed by atoms with Gasteiger partial charge in [-0.1, -0.05) is 29.8 Å². The lowest BCUT2D eigenvalue weighted by atomic mass is 10.1. The van der Waals surface area contributed by atoms with Gasteiger partial charge in [0.05, 0.1) is 16.1 Å². The monoisotopic (exact) mass is 348 g/mol. The van der Waals surface area contributed by atoms with E-state index in [2.05, 4.69) is 10.4 Å². The smallest absolute Gasteiger partial charge is 0.255 e. The van der Waals surface area contributed by atoms with Gasteiger partial charge in [-0.3, -0.25) is 9.48 Å². The van der Waals surface area contributed by atoms with Crippen LogP contribution in [0, 0.1) is 0 Å². The van der Waals surface area contributed by atoms with E-state index < -0.39 is 0 Å². The molecular formula is C18H25ClN4O. The Morgan fingerprint density at radius 2 is 2.00 bits per heavy atom. The van der Waals surface area contributed by atoms with E-state index in [0.717, 1.165) is 18.4 Å². The van der Waals surface area contributed by atoms with Crippen LogP contribution in [0.1, 0.15) is 44.0 Å². The van der Waals surface area contributed by atoms with Crippen molar-refractivity contribution in [1.29, 1.82) is 0 Å². The Labute approximate surface area is 148 Å². The fourth-order valence-corrected chi connectivity index (χ4v) is 2.53. The summed E-state index contributed by atoms with van der Waals surface area (Å²) in [6, 6.07) is 7.43. The van der Waals surface area contributed by atoms with Crippen molar-refractivity contribution in [2.45, 2.75) is 39.2 Å². The number of aromatic nitrogens is 2. The van der Waals surface area contributed by atoms with Crippen LogP contribution >= 0.6 is 11.6 Å². The van der Waals surface area contributed by atoms with E-state index in [4.69, 9.17) is 17.3 Å². The van der Waals surface area contributed by atoms with E-state index in [1.165, 1.54) is 0 Å². The van der Waals surface area contributed by atoms with Crippen LogP contribution in [-0.4, -0.2) is 28.8 Å². The van der Waals surface area contributed by atoms with Crippen molar-refractivity contribution >= 4 is 17.5 Å². The Morgan fingerprint density at radius 3 is 2.62 bits per heavy atom. The third-order valence-corrected chi connectivity index (χ3v) is 4.02. The van der Waals surface area contributed by atoms with Crippen LogP contribution in [0.4, 0.5) is 0 Å². The molecule has 0 bridgehead atoms. The van der Waals surface area contributed by atoms with Crippen molar-refractivity contribution < 1.29 is 4.79 Å². The first-order valence-corrected chi connectivity index (χ1v) is 8.55. The SMILES string of the molecule is CC(C)(C)n1cc(C(=O)NCCCCN)c(-c2ccccc2Cl)n1. The molecule has 130 valence electrons. The molecule has 1 aromatic heterocycles. The maximum absolute atomic E-state index is 12.6. The lowest BCUT2D eigenvalue weighted by molar-refractivity contribution is 0.0953. The fourth-order valence-electron chi connectivity index (χ4n) is 2.30. The van der Waals surface area contributed by atoms with Gasteiger partial charge in [-0.05, 0) is 46.2 Å². The van der Waals surface area contributed by atoms with Crippen molar-refractivity contribution in [2.75, 3.05) is 13.1 Å². The number of unbranched alkanes of at least 4 members (excludes halogenated alkanes) is 1. The lowest BCUT2D eigenvalue weighted by Crippen LogP contribution is -2.25. The predicted molar refractivity (Wildman–Crippen MR) is 98.3 cm³/mol. The van der Waals surface area contributed by atoms with Crippen LogP contribution in [0.15, 0.2) is 30.5 Å². The molecule has 0 aliphatic rings. The summed E-state index contributed by atoms with van der Waals surface area (Å²) in [5.41, 5.74) is 7.15. The summed E-state index contributed by atoms with van der Waals surface area (Å²) in [5.74, 6) is -0.141. The van der Waals surface area contributed by atoms with Gasteiger partial charge in [0.15, 0.2) is 0 Å². The van der Waals surface area contributed by atoms with Gasteiger partial charge < -0.3 is 11.1 Å². The molecule has 0 aliphatic heterocycles. The predicted octanol–water partition coefficient (Wildman–Crippen LogP) is 3.43. The number of amides is 1. The third kappa shape index (κ3) is 4.36. The number of carbonyl (C=O) groups excluding carboxylic acids is 1. The number of carbonyl (C=O) groups is 1. The maximum Gasteiger partial charge on any atom is 0.255 e. The summed E-state index contributed by atoms with van der Waals surface area (Å²) >= 11 is 6.31. The van der Waals surface area contributed by atoms with E-state index >= 15 is 0 Å². The second-order valence-electron chi connectivity index (χ2n) is 6.74. The molecule has 0 unspecified atom stereocenters. The zero-order valence-electron chi connectivity index (χ0n) is 14.5. The summed E-state index contributed by atoms with van der Waals surface area (Å²) in [6.07, 6.45) is 3.53. The lowest BCUT2D eigenvalue weighted by Gasteiger charge is -2.18. The largest absolute Gasteiger partial charge is 0.352 e. The van der Waals surface area contributed by atoms with E-state index in [0.29, 0.717) is 29.4 Å². The van der Waals surface area contributed by atoms with E-state index in [1.54, 1.807) is 16.9 Å². The highest BCUT2D eigenvalue weighted by Gasteiger charge is 2.23. The van der Waals surface area contributed by atoms with Crippen molar-refractivity contribution in [1.82, 2.24) is 15.1 Å². The Hall–Kier alpha value is -1.85. The Bertz CT molecular complexity index is 703. The molecule has 3 N–H and O–H groups in total. The van der Waals surface area contributed by atoms with Crippen LogP contribution in [0.25, 0.3) is 11.3 Å². The molecule has 1 aromatic carbocycles. The average molecular weight is 349 g/mol. The van der Waals surface area contributed by atoms with Crippen LogP contribution < -0.4 is 11.1 Å². The number of nitrogens with zero attached hydrogens (tertiary/aromatic N) is 2. The number of benzene rings is 1. The summed E-state index contributed by atoms with van der Waals surface area (Å²) in [6.45, 7) is 7.35. The normalized spacial score (nSPS) is 11.5. The molecule has 0 spiro atoms. The molecule has 0 aliphatic carbocycles. The molecule has 5 nitrogen and oxygen atoms in total. The molecule has 24 heavy (non-hydrogen) atoms. The number of nitrogens with two attached hydrogens (primary N) is 1. The minimum atomic E-state index is -0.228. The van der Waals surface area contributed by atoms with Gasteiger partial charge in [-0.2, -0.15) is 5.10 Å². The highest BCUT2D eigenvalue weighted by atomic mass is 35.5. The average Bonchev–Trinajstić information content (AvgIpc) is 2.97. The second kappa shape index (κ2) is 7.81. The zero-order chi connectivity index (χ0) is 17.7. The second-order valence-corrected chi connectivity index (χ2v) is 7.15. The van der Waals surface area contributed by atoms with Crippen LogP contribution in [0.3, 0.4) is 0 Å². The van der Waals surface area contributed by atoms with Gasteiger partial charge in [0.25, 0.3) is 5.91 Å². The van der Waals surface area contributed by atoms with Gasteiger partial charge >= 0.3 is 0 Å². The standard InChI is InChI=1S/C18H25ClN4O/c1-18(2,3)23-12-14(17(24)21-11-7-6-10-20)16(22-23)13-8-4-5-9-15(13)19/h4-5,8-9,12H,6-7,10-11,20H2,1-3H3,(H,21,24). The molecular weight excluding hydrogens is 324 g/mol. The van der Waals surface area contributed by atoms with Gasteiger partial charge in [0, 0.05) is 18.3 Å². The van der Waals surface area contributed by atoms with E-state index in [9.17, 15) is 4.79 Å². The zero-order valence-corrected chi connectivity index (χ0v) is 15.2. The Kier molecular flexibility index (Phi) is 6.02. The molecule has 2 aromatic rings. The molecule has 0 fully saturated rings. The summed E-state index contributed by atoms with van der Waals surface area (Å²) in [5, 5.41) is 8.14. The number of nitrogens with one attached hydrogen (secondary N) is 1. The summed E-state index contributed by atoms with van der Waals surface area (Å²) < 4.78 is 1.81. The molecule has 0 saturated carbocycles. The first-order valence-electron chi connectivity index (χ1n) is 8.18. The highest BCUT2D eigenvalue weighted by molar-refractivity contribution is 6.33. The molecule has 2 rings (SSSR count). The first-order chi connectivity index (χ1) is 11.3. The van der Waals surface area contributed by atoms with Crippen molar-refractivity contribution in [3.05, 3.63) is 41.0 Å². The van der Waals surface area contributed by atoms with Gasteiger partial charge in [0.2, 0.25) is 0 Å². The topological polar surface area (TPSA) is 72.9 Å². The number of halogens is 1. The quantitative estimate of drug-likeness (QED) is 0.785. The Balaban J connectivity index is 2.37. The molecule has 0 saturated heterocycles. The summed E-state index contributed by atoms with van der Waals surface area (Å²) in [7, 11) is 0. The van der Waals surface area contributed by atoms with E-state index in [-0.39, 0.29) is 11.4 Å². The minimum absolute atomic E-state index is 0.141. The Morgan fingerprint density at radius 1 is 1.29 bits per heavy atom. The molecule has 0 atom stereocenters. The summed E-state index contributed by atoms with van der Waals surface area (Å²) in [4.78, 5) is 12.6. The van der Waals surface area contributed by atoms with Crippen molar-refractivity contribution in [2.24, 2.45) is 5.73 Å². The van der Waals surface area contributed by atoms with Crippen LogP contribution in [-0.2, 0) is 5.54 Å². The third-order valence-electron chi connectivity index (χ3n) is 3.69. The van der Waals surface area contributed by atoms with Crippen molar-refractivity contribution in [3.8, 4) is 11.3 Å². The number of rotatable bonds is 6. The first kappa shape index (κ1) is 18.5. The minimum Gasteiger partial charge on any atom is -0.352 e. The molecule has 0 radical (unpaired) electrons. The highest BCUT2D eigenvalue weighted by Crippen LogP contribution is 2.30. The number of hydrogen-bond acceptors (Lipinski definition) is 3. The van der Waals surface area contributed by atoms with Gasteiger partial charge in [-0.15, -0.1) is 0 Å². The number of hydrogen-bond donors (Lipinski definition) is 2. The van der Waals surface area contributed by atoms with Crippen LogP contribution in [0.5, 0.6) is 0 Å². The van der Waals surface area contributed by atoms with Gasteiger partial charge in [0.1, 0.15) is 5.69 Å². The van der Waals surface area contributed by atoms with Crippen molar-refractivity contribution in [3.63, 3.8) is 0 Å².